The second kappa shape index (κ2) is 6.39. The zero-order chi connectivity index (χ0) is 15.6. The molecule has 1 aromatic heterocycles. The van der Waals surface area contributed by atoms with Crippen LogP contribution in [0.3, 0.4) is 0 Å². The van der Waals surface area contributed by atoms with Crippen molar-refractivity contribution in [3.63, 3.8) is 0 Å². The van der Waals surface area contributed by atoms with Gasteiger partial charge in [0.1, 0.15) is 5.56 Å². The summed E-state index contributed by atoms with van der Waals surface area (Å²) in [6.07, 6.45) is 2.28. The molecule has 1 N–H and O–H groups in total. The van der Waals surface area contributed by atoms with Crippen molar-refractivity contribution in [1.82, 2.24) is 15.1 Å². The molecule has 6 nitrogen and oxygen atoms in total. The SMILES string of the molecule is Cc1nnc(N(C)CC2CCN(C)CC2)c(C(=O)O)c1C. The normalized spacial score (nSPS) is 17.0. The molecule has 21 heavy (non-hydrogen) atoms. The Balaban J connectivity index is 2.17. The van der Waals surface area contributed by atoms with Crippen LogP contribution in [0.4, 0.5) is 5.82 Å². The smallest absolute Gasteiger partial charge is 0.339 e. The van der Waals surface area contributed by atoms with E-state index in [0.717, 1.165) is 32.5 Å². The molecule has 0 spiro atoms. The number of likely N-dealkylation sites (tertiary alicyclic amines) is 1. The fourth-order valence-corrected chi connectivity index (χ4v) is 2.84. The fraction of sp³-hybridized carbons (Fsp3) is 0.667. The van der Waals surface area contributed by atoms with Crippen LogP contribution in [0.25, 0.3) is 0 Å². The van der Waals surface area contributed by atoms with Crippen molar-refractivity contribution >= 4 is 11.8 Å². The van der Waals surface area contributed by atoms with Crippen LogP contribution in [-0.4, -0.2) is 59.9 Å². The van der Waals surface area contributed by atoms with E-state index in [1.54, 1.807) is 13.8 Å². The zero-order valence-corrected chi connectivity index (χ0v) is 13.3. The van der Waals surface area contributed by atoms with Crippen LogP contribution in [0.15, 0.2) is 0 Å². The minimum absolute atomic E-state index is 0.276. The highest BCUT2D eigenvalue weighted by molar-refractivity contribution is 5.95. The summed E-state index contributed by atoms with van der Waals surface area (Å²) < 4.78 is 0. The molecule has 116 valence electrons. The molecule has 6 heteroatoms. The van der Waals surface area contributed by atoms with Gasteiger partial charge in [0.05, 0.1) is 5.69 Å². The molecular weight excluding hydrogens is 268 g/mol. The Hall–Kier alpha value is -1.69. The first-order valence-electron chi connectivity index (χ1n) is 7.37. The fourth-order valence-electron chi connectivity index (χ4n) is 2.84. The van der Waals surface area contributed by atoms with E-state index in [2.05, 4.69) is 22.1 Å². The molecule has 2 heterocycles. The summed E-state index contributed by atoms with van der Waals surface area (Å²) in [5.74, 6) is 0.122. The van der Waals surface area contributed by atoms with Gasteiger partial charge in [0.15, 0.2) is 5.82 Å². The monoisotopic (exact) mass is 292 g/mol. The average Bonchev–Trinajstić information content (AvgIpc) is 2.43. The van der Waals surface area contributed by atoms with Crippen molar-refractivity contribution in [2.45, 2.75) is 26.7 Å². The molecule has 1 saturated heterocycles. The molecule has 0 aliphatic carbocycles. The Kier molecular flexibility index (Phi) is 4.77. The Morgan fingerprint density at radius 3 is 2.52 bits per heavy atom. The number of carbonyl (C=O) groups is 1. The van der Waals surface area contributed by atoms with Gasteiger partial charge in [-0.15, -0.1) is 5.10 Å². The summed E-state index contributed by atoms with van der Waals surface area (Å²) >= 11 is 0. The number of hydrogen-bond acceptors (Lipinski definition) is 5. The molecule has 1 aliphatic rings. The van der Waals surface area contributed by atoms with E-state index in [4.69, 9.17) is 0 Å². The quantitative estimate of drug-likeness (QED) is 0.908. The number of aryl methyl sites for hydroxylation is 1. The maximum absolute atomic E-state index is 11.5. The van der Waals surface area contributed by atoms with E-state index in [9.17, 15) is 9.90 Å². The number of anilines is 1. The van der Waals surface area contributed by atoms with Gasteiger partial charge in [0, 0.05) is 13.6 Å². The first-order valence-corrected chi connectivity index (χ1v) is 7.37. The number of piperidine rings is 1. The minimum atomic E-state index is -0.935. The largest absolute Gasteiger partial charge is 0.478 e. The van der Waals surface area contributed by atoms with Crippen LogP contribution >= 0.6 is 0 Å². The Labute approximate surface area is 125 Å². The number of rotatable bonds is 4. The Morgan fingerprint density at radius 1 is 1.33 bits per heavy atom. The standard InChI is InChI=1S/C15H24N4O2/c1-10-11(2)16-17-14(13(10)15(20)21)19(4)9-12-5-7-18(3)8-6-12/h12H,5-9H2,1-4H3,(H,20,21). The summed E-state index contributed by atoms with van der Waals surface area (Å²) in [4.78, 5) is 15.8. The molecule has 0 radical (unpaired) electrons. The molecule has 1 aromatic rings. The van der Waals surface area contributed by atoms with Gasteiger partial charge in [-0.3, -0.25) is 0 Å². The third kappa shape index (κ3) is 3.50. The van der Waals surface area contributed by atoms with Crippen LogP contribution in [0, 0.1) is 19.8 Å². The van der Waals surface area contributed by atoms with Crippen molar-refractivity contribution in [1.29, 1.82) is 0 Å². The molecule has 1 aliphatic heterocycles. The van der Waals surface area contributed by atoms with Crippen molar-refractivity contribution in [3.8, 4) is 0 Å². The van der Waals surface area contributed by atoms with E-state index in [1.807, 2.05) is 11.9 Å². The highest BCUT2D eigenvalue weighted by Crippen LogP contribution is 2.24. The first-order chi connectivity index (χ1) is 9.90. The third-order valence-corrected chi connectivity index (χ3v) is 4.38. The molecule has 2 rings (SSSR count). The van der Waals surface area contributed by atoms with E-state index < -0.39 is 5.97 Å². The van der Waals surface area contributed by atoms with E-state index in [-0.39, 0.29) is 5.56 Å². The number of aromatic carboxylic acids is 1. The van der Waals surface area contributed by atoms with Crippen LogP contribution in [-0.2, 0) is 0 Å². The van der Waals surface area contributed by atoms with Crippen molar-refractivity contribution < 1.29 is 9.90 Å². The topological polar surface area (TPSA) is 69.6 Å². The number of carboxylic acids is 1. The predicted molar refractivity (Wildman–Crippen MR) is 82.0 cm³/mol. The first kappa shape index (κ1) is 15.7. The van der Waals surface area contributed by atoms with Gasteiger partial charge in [0.2, 0.25) is 0 Å². The van der Waals surface area contributed by atoms with Crippen LogP contribution in [0.2, 0.25) is 0 Å². The van der Waals surface area contributed by atoms with Gasteiger partial charge >= 0.3 is 5.97 Å². The molecule has 0 aromatic carbocycles. The summed E-state index contributed by atoms with van der Waals surface area (Å²) in [6.45, 7) is 6.60. The van der Waals surface area contributed by atoms with Crippen LogP contribution in [0.1, 0.15) is 34.5 Å². The van der Waals surface area contributed by atoms with Gasteiger partial charge in [-0.2, -0.15) is 5.10 Å². The van der Waals surface area contributed by atoms with Gasteiger partial charge in [-0.05, 0) is 58.3 Å². The third-order valence-electron chi connectivity index (χ3n) is 4.38. The van der Waals surface area contributed by atoms with Gasteiger partial charge in [0.25, 0.3) is 0 Å². The number of carboxylic acid groups (broad SMARTS) is 1. The lowest BCUT2D eigenvalue weighted by Crippen LogP contribution is -2.36. The summed E-state index contributed by atoms with van der Waals surface area (Å²) in [7, 11) is 4.04. The number of aromatic nitrogens is 2. The molecule has 0 atom stereocenters. The molecule has 0 unspecified atom stereocenters. The lowest BCUT2D eigenvalue weighted by Gasteiger charge is -2.32. The molecular formula is C15H24N4O2. The van der Waals surface area contributed by atoms with Crippen molar-refractivity contribution in [2.75, 3.05) is 38.6 Å². The lowest BCUT2D eigenvalue weighted by molar-refractivity contribution is 0.0696. The molecule has 0 bridgehead atoms. The highest BCUT2D eigenvalue weighted by atomic mass is 16.4. The average molecular weight is 292 g/mol. The van der Waals surface area contributed by atoms with Crippen molar-refractivity contribution in [2.24, 2.45) is 5.92 Å². The molecule has 0 amide bonds. The minimum Gasteiger partial charge on any atom is -0.478 e. The van der Waals surface area contributed by atoms with Crippen molar-refractivity contribution in [3.05, 3.63) is 16.8 Å². The summed E-state index contributed by atoms with van der Waals surface area (Å²) in [6, 6.07) is 0. The van der Waals surface area contributed by atoms with Gasteiger partial charge in [-0.1, -0.05) is 0 Å². The maximum atomic E-state index is 11.5. The maximum Gasteiger partial charge on any atom is 0.339 e. The Morgan fingerprint density at radius 2 is 1.95 bits per heavy atom. The molecule has 1 fully saturated rings. The second-order valence-electron chi connectivity index (χ2n) is 6.04. The summed E-state index contributed by atoms with van der Waals surface area (Å²) in [5, 5.41) is 17.7. The van der Waals surface area contributed by atoms with E-state index in [1.165, 1.54) is 0 Å². The van der Waals surface area contributed by atoms with E-state index >= 15 is 0 Å². The highest BCUT2D eigenvalue weighted by Gasteiger charge is 2.24. The number of hydrogen-bond donors (Lipinski definition) is 1. The van der Waals surface area contributed by atoms with Crippen LogP contribution in [0.5, 0.6) is 0 Å². The van der Waals surface area contributed by atoms with Gasteiger partial charge < -0.3 is 14.9 Å². The number of nitrogens with zero attached hydrogens (tertiary/aromatic N) is 4. The van der Waals surface area contributed by atoms with Gasteiger partial charge in [-0.25, -0.2) is 4.79 Å². The zero-order valence-electron chi connectivity index (χ0n) is 13.3. The predicted octanol–water partition coefficient (Wildman–Crippen LogP) is 1.57. The molecule has 0 saturated carbocycles. The Bertz CT molecular complexity index is 525. The van der Waals surface area contributed by atoms with E-state index in [0.29, 0.717) is 23.0 Å². The second-order valence-corrected chi connectivity index (χ2v) is 6.04. The lowest BCUT2D eigenvalue weighted by atomic mass is 9.96. The summed E-state index contributed by atoms with van der Waals surface area (Å²) in [5.41, 5.74) is 1.64. The van der Waals surface area contributed by atoms with Crippen LogP contribution < -0.4 is 4.90 Å².